The third-order valence-corrected chi connectivity index (χ3v) is 5.83. The quantitative estimate of drug-likeness (QED) is 0.405. The Bertz CT molecular complexity index is 1410. The van der Waals surface area contributed by atoms with Gasteiger partial charge in [-0.05, 0) is 59.7 Å². The Morgan fingerprint density at radius 2 is 1.88 bits per heavy atom. The molecule has 2 N–H and O–H groups in total. The number of hydrogen-bond donors (Lipinski definition) is 2. The van der Waals surface area contributed by atoms with Crippen LogP contribution >= 0.6 is 23.8 Å². The van der Waals surface area contributed by atoms with Gasteiger partial charge in [-0.2, -0.15) is 0 Å². The Morgan fingerprint density at radius 1 is 1.12 bits per heavy atom. The summed E-state index contributed by atoms with van der Waals surface area (Å²) in [7, 11) is 1.60. The zero-order valence-corrected chi connectivity index (χ0v) is 18.8. The number of rotatable bonds is 6. The van der Waals surface area contributed by atoms with Crippen LogP contribution in [0.25, 0.3) is 10.9 Å². The van der Waals surface area contributed by atoms with E-state index in [-0.39, 0.29) is 16.2 Å². The molecule has 1 amide bonds. The van der Waals surface area contributed by atoms with Crippen LogP contribution in [0.4, 0.5) is 0 Å². The molecule has 0 aliphatic rings. The molecule has 0 saturated heterocycles. The van der Waals surface area contributed by atoms with E-state index < -0.39 is 0 Å². The molecule has 1 heterocycles. The first kappa shape index (κ1) is 21.8. The fourth-order valence-corrected chi connectivity index (χ4v) is 3.83. The van der Waals surface area contributed by atoms with Gasteiger partial charge in [-0.25, -0.2) is 0 Å². The van der Waals surface area contributed by atoms with E-state index in [1.165, 1.54) is 4.57 Å². The van der Waals surface area contributed by atoms with Crippen LogP contribution in [-0.2, 0) is 13.1 Å². The molecule has 0 aliphatic carbocycles. The molecule has 0 bridgehead atoms. The molecule has 0 saturated carbocycles. The van der Waals surface area contributed by atoms with Crippen molar-refractivity contribution in [2.45, 2.75) is 13.1 Å². The number of halogens is 1. The number of aromatic nitrogens is 2. The van der Waals surface area contributed by atoms with Crippen molar-refractivity contribution in [1.29, 1.82) is 0 Å². The van der Waals surface area contributed by atoms with Crippen LogP contribution in [0.1, 0.15) is 21.5 Å². The zero-order chi connectivity index (χ0) is 22.7. The van der Waals surface area contributed by atoms with Crippen LogP contribution in [0.3, 0.4) is 0 Å². The molecule has 4 rings (SSSR count). The van der Waals surface area contributed by atoms with E-state index in [1.54, 1.807) is 31.4 Å². The van der Waals surface area contributed by atoms with Crippen molar-refractivity contribution in [3.63, 3.8) is 0 Å². The number of nitrogens with one attached hydrogen (secondary N) is 2. The molecular formula is C24H20ClN3O3S. The highest BCUT2D eigenvalue weighted by Gasteiger charge is 2.11. The lowest BCUT2D eigenvalue weighted by molar-refractivity contribution is 0.0951. The highest BCUT2D eigenvalue weighted by molar-refractivity contribution is 7.71. The Hall–Kier alpha value is -3.42. The Morgan fingerprint density at radius 3 is 2.59 bits per heavy atom. The molecule has 0 unspecified atom stereocenters. The van der Waals surface area contributed by atoms with E-state index in [4.69, 9.17) is 28.6 Å². The number of fused-ring (bicyclic) bond motifs is 1. The second kappa shape index (κ2) is 9.38. The normalized spacial score (nSPS) is 10.8. The number of hydrogen-bond acceptors (Lipinski definition) is 4. The van der Waals surface area contributed by atoms with E-state index in [9.17, 15) is 9.59 Å². The fourth-order valence-electron chi connectivity index (χ4n) is 3.37. The van der Waals surface area contributed by atoms with Gasteiger partial charge < -0.3 is 15.0 Å². The number of aromatic amines is 1. The molecule has 0 radical (unpaired) electrons. The van der Waals surface area contributed by atoms with Gasteiger partial charge in [0.25, 0.3) is 11.5 Å². The first-order valence-corrected chi connectivity index (χ1v) is 10.7. The summed E-state index contributed by atoms with van der Waals surface area (Å²) in [6.45, 7) is 0.629. The molecule has 32 heavy (non-hydrogen) atoms. The van der Waals surface area contributed by atoms with Gasteiger partial charge in [0.2, 0.25) is 0 Å². The SMILES string of the molecule is COc1ccc(Cn2c(=S)[nH]c3cc(C(=O)NCc4ccccc4Cl)ccc3c2=O)cc1. The minimum absolute atomic E-state index is 0.220. The van der Waals surface area contributed by atoms with Gasteiger partial charge in [-0.1, -0.05) is 41.9 Å². The van der Waals surface area contributed by atoms with Gasteiger partial charge in [0.05, 0.1) is 24.6 Å². The summed E-state index contributed by atoms with van der Waals surface area (Å²) in [6, 6.07) is 19.7. The monoisotopic (exact) mass is 465 g/mol. The zero-order valence-electron chi connectivity index (χ0n) is 17.2. The first-order valence-electron chi connectivity index (χ1n) is 9.87. The predicted octanol–water partition coefficient (Wildman–Crippen LogP) is 4.70. The lowest BCUT2D eigenvalue weighted by atomic mass is 10.1. The molecule has 0 spiro atoms. The van der Waals surface area contributed by atoms with Gasteiger partial charge in [-0.15, -0.1) is 0 Å². The molecule has 0 aliphatic heterocycles. The minimum Gasteiger partial charge on any atom is -0.497 e. The van der Waals surface area contributed by atoms with Crippen LogP contribution in [-0.4, -0.2) is 22.6 Å². The highest BCUT2D eigenvalue weighted by atomic mass is 35.5. The summed E-state index contributed by atoms with van der Waals surface area (Å²) < 4.78 is 6.95. The number of benzene rings is 3. The molecule has 4 aromatic rings. The van der Waals surface area contributed by atoms with Crippen molar-refractivity contribution in [1.82, 2.24) is 14.9 Å². The maximum Gasteiger partial charge on any atom is 0.262 e. The maximum atomic E-state index is 13.0. The number of ether oxygens (including phenoxy) is 1. The smallest absolute Gasteiger partial charge is 0.262 e. The van der Waals surface area contributed by atoms with E-state index in [2.05, 4.69) is 10.3 Å². The standard InChI is InChI=1S/C24H20ClN3O3S/c1-31-18-9-6-15(7-10-18)14-28-23(30)19-11-8-16(12-21(19)27-24(28)32)22(29)26-13-17-4-2-3-5-20(17)25/h2-12H,13-14H2,1H3,(H,26,29)(H,27,32). The Balaban J connectivity index is 1.58. The Labute approximate surface area is 194 Å². The molecular weight excluding hydrogens is 446 g/mol. The minimum atomic E-state index is -0.270. The molecule has 1 aromatic heterocycles. The number of amides is 1. The molecule has 162 valence electrons. The summed E-state index contributed by atoms with van der Waals surface area (Å²) in [6.07, 6.45) is 0. The summed E-state index contributed by atoms with van der Waals surface area (Å²) in [5.74, 6) is 0.471. The predicted molar refractivity (Wildman–Crippen MR) is 128 cm³/mol. The van der Waals surface area contributed by atoms with Crippen molar-refractivity contribution in [2.24, 2.45) is 0 Å². The van der Waals surface area contributed by atoms with Crippen LogP contribution in [0.2, 0.25) is 5.02 Å². The second-order valence-electron chi connectivity index (χ2n) is 7.20. The van der Waals surface area contributed by atoms with Crippen LogP contribution in [0, 0.1) is 4.77 Å². The molecule has 0 atom stereocenters. The lowest BCUT2D eigenvalue weighted by Gasteiger charge is -2.10. The van der Waals surface area contributed by atoms with Gasteiger partial charge in [0.1, 0.15) is 5.75 Å². The van der Waals surface area contributed by atoms with Gasteiger partial charge in [-0.3, -0.25) is 14.2 Å². The fraction of sp³-hybridized carbons (Fsp3) is 0.125. The summed E-state index contributed by atoms with van der Waals surface area (Å²) >= 11 is 11.6. The number of nitrogens with zero attached hydrogens (tertiary/aromatic N) is 1. The Kier molecular flexibility index (Phi) is 6.39. The van der Waals surface area contributed by atoms with Crippen molar-refractivity contribution in [3.05, 3.63) is 104 Å². The molecule has 6 nitrogen and oxygen atoms in total. The number of methoxy groups -OCH3 is 1. The first-order chi connectivity index (χ1) is 15.5. The number of carbonyl (C=O) groups is 1. The van der Waals surface area contributed by atoms with Gasteiger partial charge >= 0.3 is 0 Å². The van der Waals surface area contributed by atoms with E-state index in [0.717, 1.165) is 16.9 Å². The van der Waals surface area contributed by atoms with Crippen LogP contribution in [0.5, 0.6) is 5.75 Å². The summed E-state index contributed by atoms with van der Waals surface area (Å²) in [4.78, 5) is 28.7. The third-order valence-electron chi connectivity index (χ3n) is 5.14. The van der Waals surface area contributed by atoms with Crippen molar-refractivity contribution < 1.29 is 9.53 Å². The van der Waals surface area contributed by atoms with Gasteiger partial charge in [0.15, 0.2) is 4.77 Å². The highest BCUT2D eigenvalue weighted by Crippen LogP contribution is 2.16. The topological polar surface area (TPSA) is 76.1 Å². The largest absolute Gasteiger partial charge is 0.497 e. The molecule has 3 aromatic carbocycles. The lowest BCUT2D eigenvalue weighted by Crippen LogP contribution is -2.24. The van der Waals surface area contributed by atoms with Crippen LogP contribution < -0.4 is 15.6 Å². The average molecular weight is 466 g/mol. The molecule has 0 fully saturated rings. The van der Waals surface area contributed by atoms with Crippen molar-refractivity contribution in [2.75, 3.05) is 7.11 Å². The van der Waals surface area contributed by atoms with Crippen LogP contribution in [0.15, 0.2) is 71.5 Å². The second-order valence-corrected chi connectivity index (χ2v) is 8.00. The summed E-state index contributed by atoms with van der Waals surface area (Å²) in [5, 5.41) is 3.89. The molecule has 8 heteroatoms. The van der Waals surface area contributed by atoms with E-state index in [0.29, 0.717) is 34.6 Å². The van der Waals surface area contributed by atoms with Crippen molar-refractivity contribution in [3.8, 4) is 5.75 Å². The number of carbonyl (C=O) groups excluding carboxylic acids is 1. The van der Waals surface area contributed by atoms with Crippen molar-refractivity contribution >= 4 is 40.6 Å². The van der Waals surface area contributed by atoms with Gasteiger partial charge in [0, 0.05) is 17.1 Å². The third kappa shape index (κ3) is 4.59. The average Bonchev–Trinajstić information content (AvgIpc) is 2.81. The van der Waals surface area contributed by atoms with E-state index in [1.807, 2.05) is 42.5 Å². The maximum absolute atomic E-state index is 13.0. The number of H-pyrrole nitrogens is 1. The van der Waals surface area contributed by atoms with E-state index >= 15 is 0 Å². The summed E-state index contributed by atoms with van der Waals surface area (Å²) in [5.41, 5.74) is 2.45.